The number of carboxylic acid groups (broad SMARTS) is 1. The zero-order chi connectivity index (χ0) is 19.4. The third kappa shape index (κ3) is 3.81. The number of hydrogen-bond acceptors (Lipinski definition) is 6. The first kappa shape index (κ1) is 18.6. The minimum absolute atomic E-state index is 0.0789. The lowest BCUT2D eigenvalue weighted by Crippen LogP contribution is -2.49. The van der Waals surface area contributed by atoms with Gasteiger partial charge in [0.1, 0.15) is 0 Å². The van der Waals surface area contributed by atoms with E-state index in [4.69, 9.17) is 9.47 Å². The van der Waals surface area contributed by atoms with Crippen molar-refractivity contribution in [1.82, 2.24) is 4.90 Å². The first-order valence-corrected chi connectivity index (χ1v) is 8.61. The number of methoxy groups -OCH3 is 2. The smallest absolute Gasteiger partial charge is 0.254 e. The van der Waals surface area contributed by atoms with Gasteiger partial charge in [0.25, 0.3) is 5.91 Å². The quantitative estimate of drug-likeness (QED) is 0.783. The van der Waals surface area contributed by atoms with Crippen LogP contribution in [0.15, 0.2) is 42.5 Å². The van der Waals surface area contributed by atoms with Gasteiger partial charge in [0.2, 0.25) is 0 Å². The van der Waals surface area contributed by atoms with E-state index in [1.165, 1.54) is 12.1 Å². The number of anilines is 1. The predicted octanol–water partition coefficient (Wildman–Crippen LogP) is 1.03. The number of piperazine rings is 1. The van der Waals surface area contributed by atoms with Crippen molar-refractivity contribution in [1.29, 1.82) is 0 Å². The second-order valence-corrected chi connectivity index (χ2v) is 6.15. The second-order valence-electron chi connectivity index (χ2n) is 6.15. The average Bonchev–Trinajstić information content (AvgIpc) is 2.72. The number of hydrogen-bond donors (Lipinski definition) is 0. The van der Waals surface area contributed by atoms with Crippen LogP contribution >= 0.6 is 0 Å². The molecule has 1 fully saturated rings. The fourth-order valence-electron chi connectivity index (χ4n) is 3.21. The molecule has 1 aliphatic heterocycles. The molecule has 0 N–H and O–H groups in total. The van der Waals surface area contributed by atoms with Gasteiger partial charge >= 0.3 is 0 Å². The predicted molar refractivity (Wildman–Crippen MR) is 98.4 cm³/mol. The lowest BCUT2D eigenvalue weighted by Gasteiger charge is -2.36. The lowest BCUT2D eigenvalue weighted by molar-refractivity contribution is -0.255. The van der Waals surface area contributed by atoms with Crippen LogP contribution in [0.4, 0.5) is 5.69 Å². The summed E-state index contributed by atoms with van der Waals surface area (Å²) in [6.45, 7) is 2.26. The maximum atomic E-state index is 12.7. The molecule has 1 heterocycles. The third-order valence-corrected chi connectivity index (χ3v) is 4.68. The van der Waals surface area contributed by atoms with Gasteiger partial charge in [0.15, 0.2) is 11.5 Å². The van der Waals surface area contributed by atoms with E-state index in [9.17, 15) is 14.7 Å². The minimum Gasteiger partial charge on any atom is -0.545 e. The SMILES string of the molecule is COc1ccc(N2CCN(C(=O)c3ccccc3C(=O)[O-])CC2)cc1OC. The first-order chi connectivity index (χ1) is 13.0. The molecule has 0 aliphatic carbocycles. The van der Waals surface area contributed by atoms with E-state index in [0.717, 1.165) is 5.69 Å². The van der Waals surface area contributed by atoms with E-state index in [1.54, 1.807) is 31.3 Å². The molecule has 7 heteroatoms. The van der Waals surface area contributed by atoms with Crippen LogP contribution in [0.25, 0.3) is 0 Å². The summed E-state index contributed by atoms with van der Waals surface area (Å²) in [4.78, 5) is 27.8. The Kier molecular flexibility index (Phi) is 5.49. The molecule has 0 radical (unpaired) electrons. The van der Waals surface area contributed by atoms with Gasteiger partial charge in [0, 0.05) is 49.1 Å². The molecule has 1 saturated heterocycles. The van der Waals surface area contributed by atoms with Crippen molar-refractivity contribution in [3.8, 4) is 11.5 Å². The fourth-order valence-corrected chi connectivity index (χ4v) is 3.21. The van der Waals surface area contributed by atoms with Crippen molar-refractivity contribution in [3.63, 3.8) is 0 Å². The largest absolute Gasteiger partial charge is 0.545 e. The summed E-state index contributed by atoms with van der Waals surface area (Å²) in [6, 6.07) is 11.8. The Labute approximate surface area is 157 Å². The van der Waals surface area contributed by atoms with Gasteiger partial charge < -0.3 is 29.2 Å². The maximum Gasteiger partial charge on any atom is 0.254 e. The van der Waals surface area contributed by atoms with Crippen LogP contribution in [0.3, 0.4) is 0 Å². The van der Waals surface area contributed by atoms with Crippen molar-refractivity contribution in [2.45, 2.75) is 0 Å². The van der Waals surface area contributed by atoms with Gasteiger partial charge in [-0.05, 0) is 18.2 Å². The molecule has 0 unspecified atom stereocenters. The number of benzene rings is 2. The van der Waals surface area contributed by atoms with E-state index in [1.807, 2.05) is 18.2 Å². The van der Waals surface area contributed by atoms with E-state index < -0.39 is 5.97 Å². The Bertz CT molecular complexity index is 844. The first-order valence-electron chi connectivity index (χ1n) is 8.61. The third-order valence-electron chi connectivity index (χ3n) is 4.68. The molecule has 2 aromatic rings. The van der Waals surface area contributed by atoms with E-state index in [-0.39, 0.29) is 17.0 Å². The number of carboxylic acids is 1. The van der Waals surface area contributed by atoms with Gasteiger partial charge in [-0.3, -0.25) is 4.79 Å². The number of aromatic carboxylic acids is 1. The van der Waals surface area contributed by atoms with E-state index in [0.29, 0.717) is 37.7 Å². The van der Waals surface area contributed by atoms with Crippen LogP contribution in [-0.4, -0.2) is 57.2 Å². The van der Waals surface area contributed by atoms with Gasteiger partial charge in [-0.25, -0.2) is 0 Å². The molecule has 7 nitrogen and oxygen atoms in total. The van der Waals surface area contributed by atoms with Gasteiger partial charge in [0.05, 0.1) is 20.2 Å². The average molecular weight is 369 g/mol. The highest BCUT2D eigenvalue weighted by atomic mass is 16.5. The summed E-state index contributed by atoms with van der Waals surface area (Å²) < 4.78 is 10.6. The van der Waals surface area contributed by atoms with Crippen LogP contribution in [0.1, 0.15) is 20.7 Å². The normalized spacial score (nSPS) is 14.0. The molecular formula is C20H21N2O5-. The van der Waals surface area contributed by atoms with Crippen LogP contribution in [-0.2, 0) is 0 Å². The van der Waals surface area contributed by atoms with E-state index >= 15 is 0 Å². The van der Waals surface area contributed by atoms with Crippen LogP contribution in [0, 0.1) is 0 Å². The molecule has 0 saturated carbocycles. The molecule has 2 aromatic carbocycles. The highest BCUT2D eigenvalue weighted by Gasteiger charge is 2.24. The Morgan fingerprint density at radius 1 is 0.889 bits per heavy atom. The highest BCUT2D eigenvalue weighted by molar-refractivity contribution is 6.04. The lowest BCUT2D eigenvalue weighted by atomic mass is 10.1. The van der Waals surface area contributed by atoms with Crippen LogP contribution in [0.5, 0.6) is 11.5 Å². The maximum absolute atomic E-state index is 12.7. The van der Waals surface area contributed by atoms with Gasteiger partial charge in [-0.2, -0.15) is 0 Å². The number of carbonyl (C=O) groups excluding carboxylic acids is 2. The summed E-state index contributed by atoms with van der Waals surface area (Å²) >= 11 is 0. The molecule has 1 aliphatic rings. The molecule has 3 rings (SSSR count). The van der Waals surface area contributed by atoms with Crippen molar-refractivity contribution < 1.29 is 24.2 Å². The minimum atomic E-state index is -1.34. The Hall–Kier alpha value is -3.22. The molecule has 0 bridgehead atoms. The van der Waals surface area contributed by atoms with Gasteiger partial charge in [-0.1, -0.05) is 18.2 Å². The molecular weight excluding hydrogens is 348 g/mol. The topological polar surface area (TPSA) is 82.1 Å². The molecule has 0 atom stereocenters. The summed E-state index contributed by atoms with van der Waals surface area (Å²) in [5.74, 6) is -0.324. The number of amides is 1. The van der Waals surface area contributed by atoms with Crippen LogP contribution in [0.2, 0.25) is 0 Å². The van der Waals surface area contributed by atoms with Gasteiger partial charge in [-0.15, -0.1) is 0 Å². The standard InChI is InChI=1S/C20H22N2O5/c1-26-17-8-7-14(13-18(17)27-2)21-9-11-22(12-10-21)19(23)15-5-3-4-6-16(15)20(24)25/h3-8,13H,9-12H2,1-2H3,(H,24,25)/p-1. The summed E-state index contributed by atoms with van der Waals surface area (Å²) in [5.41, 5.74) is 1.07. The van der Waals surface area contributed by atoms with Crippen molar-refractivity contribution in [2.75, 3.05) is 45.3 Å². The second kappa shape index (κ2) is 7.99. The molecule has 27 heavy (non-hydrogen) atoms. The van der Waals surface area contributed by atoms with Crippen molar-refractivity contribution in [3.05, 3.63) is 53.6 Å². The molecule has 1 amide bonds. The summed E-state index contributed by atoms with van der Waals surface area (Å²) in [6.07, 6.45) is 0. The zero-order valence-corrected chi connectivity index (χ0v) is 15.3. The zero-order valence-electron chi connectivity index (χ0n) is 15.3. The molecule has 142 valence electrons. The van der Waals surface area contributed by atoms with Crippen molar-refractivity contribution in [2.24, 2.45) is 0 Å². The monoisotopic (exact) mass is 369 g/mol. The van der Waals surface area contributed by atoms with Crippen LogP contribution < -0.4 is 19.5 Å². The summed E-state index contributed by atoms with van der Waals surface area (Å²) in [7, 11) is 3.18. The number of carbonyl (C=O) groups is 2. The number of rotatable bonds is 5. The fraction of sp³-hybridized carbons (Fsp3) is 0.300. The number of nitrogens with zero attached hydrogens (tertiary/aromatic N) is 2. The van der Waals surface area contributed by atoms with E-state index in [2.05, 4.69) is 4.90 Å². The number of ether oxygens (including phenoxy) is 2. The molecule has 0 aromatic heterocycles. The Balaban J connectivity index is 1.71. The Morgan fingerprint density at radius 2 is 1.52 bits per heavy atom. The van der Waals surface area contributed by atoms with Crippen molar-refractivity contribution >= 4 is 17.6 Å². The molecule has 0 spiro atoms. The summed E-state index contributed by atoms with van der Waals surface area (Å²) in [5, 5.41) is 11.2. The Morgan fingerprint density at radius 3 is 2.11 bits per heavy atom. The highest BCUT2D eigenvalue weighted by Crippen LogP contribution is 2.32.